The Balaban J connectivity index is 1.81. The van der Waals surface area contributed by atoms with E-state index in [0.717, 1.165) is 22.7 Å². The molecule has 0 spiro atoms. The Labute approximate surface area is 132 Å². The van der Waals surface area contributed by atoms with Crippen molar-refractivity contribution >= 4 is 23.4 Å². The van der Waals surface area contributed by atoms with Gasteiger partial charge in [-0.1, -0.05) is 35.7 Å². The van der Waals surface area contributed by atoms with Crippen molar-refractivity contribution < 1.29 is 14.3 Å². The van der Waals surface area contributed by atoms with Crippen molar-refractivity contribution in [2.45, 2.75) is 26.8 Å². The van der Waals surface area contributed by atoms with Gasteiger partial charge in [0.1, 0.15) is 0 Å². The van der Waals surface area contributed by atoms with E-state index >= 15 is 0 Å². The predicted molar refractivity (Wildman–Crippen MR) is 82.6 cm³/mol. The average molecular weight is 319 g/mol. The van der Waals surface area contributed by atoms with Gasteiger partial charge in [0.2, 0.25) is 0 Å². The first-order valence-corrected chi connectivity index (χ1v) is 7.68. The second-order valence-corrected chi connectivity index (χ2v) is 5.44. The van der Waals surface area contributed by atoms with Gasteiger partial charge >= 0.3 is 5.97 Å². The molecule has 22 heavy (non-hydrogen) atoms. The van der Waals surface area contributed by atoms with Crippen LogP contribution in [0.3, 0.4) is 0 Å². The Morgan fingerprint density at radius 2 is 2.09 bits per heavy atom. The van der Waals surface area contributed by atoms with Gasteiger partial charge in [0.15, 0.2) is 11.5 Å². The van der Waals surface area contributed by atoms with Crippen LogP contribution < -0.4 is 5.32 Å². The van der Waals surface area contributed by atoms with E-state index in [1.54, 1.807) is 0 Å². The molecule has 0 saturated carbocycles. The standard InChI is InChI=1S/C15H17N3O3S/c1-3-12-14(22-18-17-12)15(20)21-9-13(19)16-8-11-7-5-4-6-10(11)2/h4-7H,3,8-9H2,1-2H3,(H,16,19). The first-order valence-electron chi connectivity index (χ1n) is 6.91. The molecule has 0 bridgehead atoms. The summed E-state index contributed by atoms with van der Waals surface area (Å²) in [5.74, 6) is -0.898. The molecule has 0 aliphatic rings. The van der Waals surface area contributed by atoms with E-state index < -0.39 is 5.97 Å². The SMILES string of the molecule is CCc1nnsc1C(=O)OCC(=O)NCc1ccccc1C. The third kappa shape index (κ3) is 4.11. The fourth-order valence-corrected chi connectivity index (χ4v) is 2.49. The van der Waals surface area contributed by atoms with Crippen LogP contribution in [0, 0.1) is 6.92 Å². The number of hydrogen-bond donors (Lipinski definition) is 1. The van der Waals surface area contributed by atoms with E-state index in [1.807, 2.05) is 38.1 Å². The van der Waals surface area contributed by atoms with Crippen LogP contribution in [0.15, 0.2) is 24.3 Å². The monoisotopic (exact) mass is 319 g/mol. The molecule has 0 radical (unpaired) electrons. The van der Waals surface area contributed by atoms with Crippen LogP contribution in [0.2, 0.25) is 0 Å². The second-order valence-electron chi connectivity index (χ2n) is 4.68. The number of hydrogen-bond acceptors (Lipinski definition) is 6. The minimum atomic E-state index is -0.558. The van der Waals surface area contributed by atoms with Crippen LogP contribution in [0.5, 0.6) is 0 Å². The van der Waals surface area contributed by atoms with Crippen molar-refractivity contribution in [3.63, 3.8) is 0 Å². The van der Waals surface area contributed by atoms with Crippen LogP contribution in [0.25, 0.3) is 0 Å². The zero-order valence-corrected chi connectivity index (χ0v) is 13.3. The number of ether oxygens (including phenoxy) is 1. The highest BCUT2D eigenvalue weighted by Crippen LogP contribution is 2.12. The van der Waals surface area contributed by atoms with E-state index in [4.69, 9.17) is 4.74 Å². The summed E-state index contributed by atoms with van der Waals surface area (Å²) in [4.78, 5) is 23.9. The highest BCUT2D eigenvalue weighted by atomic mass is 32.1. The Morgan fingerprint density at radius 1 is 1.32 bits per heavy atom. The molecule has 0 saturated heterocycles. The lowest BCUT2D eigenvalue weighted by molar-refractivity contribution is -0.124. The third-order valence-corrected chi connectivity index (χ3v) is 3.90. The molecule has 6 nitrogen and oxygen atoms in total. The normalized spacial score (nSPS) is 10.3. The van der Waals surface area contributed by atoms with E-state index in [0.29, 0.717) is 23.5 Å². The van der Waals surface area contributed by atoms with Crippen LogP contribution >= 0.6 is 11.5 Å². The fraction of sp³-hybridized carbons (Fsp3) is 0.333. The molecule has 1 aromatic heterocycles. The quantitative estimate of drug-likeness (QED) is 0.822. The first kappa shape index (κ1) is 16.1. The van der Waals surface area contributed by atoms with Gasteiger partial charge in [-0.2, -0.15) is 0 Å². The van der Waals surface area contributed by atoms with Crippen molar-refractivity contribution in [2.75, 3.05) is 6.61 Å². The van der Waals surface area contributed by atoms with Crippen molar-refractivity contribution in [2.24, 2.45) is 0 Å². The van der Waals surface area contributed by atoms with Crippen LogP contribution in [0.1, 0.15) is 33.4 Å². The summed E-state index contributed by atoms with van der Waals surface area (Å²) in [6.45, 7) is 3.95. The Kier molecular flexibility index (Phi) is 5.60. The Morgan fingerprint density at radius 3 is 2.82 bits per heavy atom. The molecule has 1 aromatic carbocycles. The zero-order chi connectivity index (χ0) is 15.9. The van der Waals surface area contributed by atoms with Gasteiger partial charge in [0.05, 0.1) is 5.69 Å². The first-order chi connectivity index (χ1) is 10.6. The van der Waals surface area contributed by atoms with Gasteiger partial charge < -0.3 is 10.1 Å². The molecule has 2 aromatic rings. The van der Waals surface area contributed by atoms with Gasteiger partial charge in [-0.3, -0.25) is 4.79 Å². The molecular weight excluding hydrogens is 302 g/mol. The lowest BCUT2D eigenvalue weighted by atomic mass is 10.1. The number of nitrogens with zero attached hydrogens (tertiary/aromatic N) is 2. The molecule has 0 unspecified atom stereocenters. The Hall–Kier alpha value is -2.28. The zero-order valence-electron chi connectivity index (χ0n) is 12.5. The summed E-state index contributed by atoms with van der Waals surface area (Å²) < 4.78 is 8.71. The lowest BCUT2D eigenvalue weighted by Gasteiger charge is -2.08. The largest absolute Gasteiger partial charge is 0.451 e. The molecule has 0 aliphatic carbocycles. The van der Waals surface area contributed by atoms with E-state index in [1.165, 1.54) is 0 Å². The van der Waals surface area contributed by atoms with Crippen molar-refractivity contribution in [3.05, 3.63) is 46.0 Å². The number of aryl methyl sites for hydroxylation is 2. The van der Waals surface area contributed by atoms with E-state index in [9.17, 15) is 9.59 Å². The topological polar surface area (TPSA) is 81.2 Å². The van der Waals surface area contributed by atoms with Crippen molar-refractivity contribution in [1.29, 1.82) is 0 Å². The number of carbonyl (C=O) groups excluding carboxylic acids is 2. The number of amides is 1. The lowest BCUT2D eigenvalue weighted by Crippen LogP contribution is -2.28. The summed E-state index contributed by atoms with van der Waals surface area (Å²) >= 11 is 0.979. The van der Waals surface area contributed by atoms with E-state index in [2.05, 4.69) is 14.9 Å². The summed E-state index contributed by atoms with van der Waals surface area (Å²) in [7, 11) is 0. The van der Waals surface area contributed by atoms with Gasteiger partial charge in [0, 0.05) is 6.54 Å². The van der Waals surface area contributed by atoms with E-state index in [-0.39, 0.29) is 12.5 Å². The van der Waals surface area contributed by atoms with Gasteiger partial charge in [-0.05, 0) is 36.0 Å². The van der Waals surface area contributed by atoms with Crippen LogP contribution in [-0.4, -0.2) is 28.1 Å². The predicted octanol–water partition coefficient (Wildman–Crippen LogP) is 1.88. The minimum Gasteiger partial charge on any atom is -0.451 e. The Bertz CT molecular complexity index is 670. The van der Waals surface area contributed by atoms with Crippen LogP contribution in [0.4, 0.5) is 0 Å². The van der Waals surface area contributed by atoms with Gasteiger partial charge in [-0.15, -0.1) is 5.10 Å². The third-order valence-electron chi connectivity index (χ3n) is 3.15. The maximum absolute atomic E-state index is 11.8. The summed E-state index contributed by atoms with van der Waals surface area (Å²) in [5.41, 5.74) is 2.72. The van der Waals surface area contributed by atoms with Gasteiger partial charge in [0.25, 0.3) is 5.91 Å². The molecule has 0 atom stereocenters. The molecule has 7 heteroatoms. The molecule has 0 aliphatic heterocycles. The average Bonchev–Trinajstić information content (AvgIpc) is 3.00. The molecule has 1 heterocycles. The fourth-order valence-electron chi connectivity index (χ4n) is 1.84. The van der Waals surface area contributed by atoms with Crippen LogP contribution in [-0.2, 0) is 22.5 Å². The molecule has 1 N–H and O–H groups in total. The number of rotatable bonds is 6. The number of benzene rings is 1. The van der Waals surface area contributed by atoms with Crippen molar-refractivity contribution in [1.82, 2.24) is 14.9 Å². The summed E-state index contributed by atoms with van der Waals surface area (Å²) in [6, 6.07) is 7.77. The molecule has 0 fully saturated rings. The molecule has 116 valence electrons. The molecular formula is C15H17N3O3S. The smallest absolute Gasteiger partial charge is 0.352 e. The maximum Gasteiger partial charge on any atom is 0.352 e. The number of esters is 1. The highest BCUT2D eigenvalue weighted by Gasteiger charge is 2.17. The summed E-state index contributed by atoms with van der Waals surface area (Å²) in [6.07, 6.45) is 0.598. The highest BCUT2D eigenvalue weighted by molar-refractivity contribution is 7.07. The van der Waals surface area contributed by atoms with Gasteiger partial charge in [-0.25, -0.2) is 4.79 Å². The number of nitrogens with one attached hydrogen (secondary N) is 1. The summed E-state index contributed by atoms with van der Waals surface area (Å²) in [5, 5.41) is 6.56. The maximum atomic E-state index is 11.8. The second kappa shape index (κ2) is 7.65. The minimum absolute atomic E-state index is 0.314. The van der Waals surface area contributed by atoms with Crippen molar-refractivity contribution in [3.8, 4) is 0 Å². The number of aromatic nitrogens is 2. The molecule has 2 rings (SSSR count). The molecule has 1 amide bonds. The number of carbonyl (C=O) groups is 2.